The Morgan fingerprint density at radius 1 is 0.711 bits per heavy atom. The lowest BCUT2D eigenvalue weighted by Gasteiger charge is -2.19. The summed E-state index contributed by atoms with van der Waals surface area (Å²) in [7, 11) is 0. The number of hydrazone groups is 1. The lowest BCUT2D eigenvalue weighted by atomic mass is 10.2. The van der Waals surface area contributed by atoms with Gasteiger partial charge in [0.1, 0.15) is 17.2 Å². The van der Waals surface area contributed by atoms with Crippen LogP contribution in [-0.2, 0) is 4.79 Å². The third-order valence-corrected chi connectivity index (χ3v) is 5.73. The number of carbonyl (C=O) groups excluding carboxylic acids is 2. The third kappa shape index (κ3) is 7.73. The fourth-order valence-electron chi connectivity index (χ4n) is 3.04. The van der Waals surface area contributed by atoms with Crippen LogP contribution in [0.3, 0.4) is 0 Å². The second kappa shape index (κ2) is 13.0. The van der Waals surface area contributed by atoms with Crippen molar-refractivity contribution in [2.75, 3.05) is 0 Å². The predicted octanol–water partition coefficient (Wildman–Crippen LogP) is 6.80. The van der Waals surface area contributed by atoms with Crippen molar-refractivity contribution in [1.29, 1.82) is 0 Å². The molecule has 0 aliphatic heterocycles. The maximum atomic E-state index is 12.8. The van der Waals surface area contributed by atoms with Crippen molar-refractivity contribution in [2.24, 2.45) is 5.10 Å². The SMILES string of the molecule is O=C(Oc1ccc(/C=N\NC(=O)C(Oc2ccc(Cl)cc2)Oc2ccc(Cl)cc2)cc1)c1ccccc1Cl. The Bertz CT molecular complexity index is 1380. The third-order valence-electron chi connectivity index (χ3n) is 4.90. The molecule has 0 spiro atoms. The molecular formula is C28H19Cl3N2O5. The van der Waals surface area contributed by atoms with Gasteiger partial charge in [-0.3, -0.25) is 4.79 Å². The van der Waals surface area contributed by atoms with Gasteiger partial charge in [-0.15, -0.1) is 0 Å². The number of benzene rings is 4. The number of halogens is 3. The number of carbonyl (C=O) groups is 2. The van der Waals surface area contributed by atoms with Crippen LogP contribution in [-0.4, -0.2) is 24.4 Å². The van der Waals surface area contributed by atoms with Gasteiger partial charge in [-0.2, -0.15) is 5.10 Å². The van der Waals surface area contributed by atoms with E-state index in [-0.39, 0.29) is 5.56 Å². The molecule has 0 aromatic heterocycles. The van der Waals surface area contributed by atoms with Gasteiger partial charge in [-0.1, -0.05) is 46.9 Å². The number of nitrogens with one attached hydrogen (secondary N) is 1. The average Bonchev–Trinajstić information content (AvgIpc) is 2.92. The first kappa shape index (κ1) is 27.0. The maximum Gasteiger partial charge on any atom is 0.345 e. The van der Waals surface area contributed by atoms with Crippen LogP contribution in [0.2, 0.25) is 15.1 Å². The summed E-state index contributed by atoms with van der Waals surface area (Å²) in [6, 6.07) is 26.1. The largest absolute Gasteiger partial charge is 0.446 e. The molecule has 0 unspecified atom stereocenters. The van der Waals surface area contributed by atoms with E-state index in [1.807, 2.05) is 0 Å². The van der Waals surface area contributed by atoms with Crippen LogP contribution in [0.1, 0.15) is 15.9 Å². The van der Waals surface area contributed by atoms with Crippen LogP contribution < -0.4 is 19.6 Å². The molecule has 7 nitrogen and oxygen atoms in total. The molecule has 0 saturated carbocycles. The zero-order valence-electron chi connectivity index (χ0n) is 19.5. The summed E-state index contributed by atoms with van der Waals surface area (Å²) in [6.07, 6.45) is 0.0558. The van der Waals surface area contributed by atoms with Gasteiger partial charge in [0, 0.05) is 10.0 Å². The van der Waals surface area contributed by atoms with Crippen molar-refractivity contribution in [1.82, 2.24) is 5.43 Å². The molecule has 38 heavy (non-hydrogen) atoms. The molecule has 4 aromatic rings. The number of ether oxygens (including phenoxy) is 3. The van der Waals surface area contributed by atoms with Gasteiger partial charge in [-0.25, -0.2) is 10.2 Å². The Morgan fingerprint density at radius 2 is 1.24 bits per heavy atom. The van der Waals surface area contributed by atoms with Crippen molar-refractivity contribution >= 4 is 52.9 Å². The normalized spacial score (nSPS) is 10.8. The second-order valence-corrected chi connectivity index (χ2v) is 8.93. The van der Waals surface area contributed by atoms with E-state index in [0.717, 1.165) is 0 Å². The first-order valence-corrected chi connectivity index (χ1v) is 12.2. The fraction of sp³-hybridized carbons (Fsp3) is 0.0357. The van der Waals surface area contributed by atoms with Crippen molar-refractivity contribution in [2.45, 2.75) is 6.29 Å². The number of nitrogens with zero attached hydrogens (tertiary/aromatic N) is 1. The summed E-state index contributed by atoms with van der Waals surface area (Å²) in [5, 5.41) is 5.31. The number of hydrogen-bond acceptors (Lipinski definition) is 6. The minimum Gasteiger partial charge on any atom is -0.446 e. The van der Waals surface area contributed by atoms with E-state index in [4.69, 9.17) is 49.0 Å². The van der Waals surface area contributed by atoms with Gasteiger partial charge in [-0.05, 0) is 90.5 Å². The summed E-state index contributed by atoms with van der Waals surface area (Å²) in [4.78, 5) is 25.1. The molecule has 192 valence electrons. The monoisotopic (exact) mass is 568 g/mol. The molecule has 0 saturated heterocycles. The van der Waals surface area contributed by atoms with E-state index in [1.165, 1.54) is 6.21 Å². The Balaban J connectivity index is 1.38. The number of esters is 1. The van der Waals surface area contributed by atoms with Crippen molar-refractivity contribution in [3.05, 3.63) is 123 Å². The first-order chi connectivity index (χ1) is 18.4. The van der Waals surface area contributed by atoms with Crippen LogP contribution in [0.15, 0.2) is 102 Å². The molecule has 0 aliphatic carbocycles. The molecule has 1 N–H and O–H groups in total. The highest BCUT2D eigenvalue weighted by atomic mass is 35.5. The highest BCUT2D eigenvalue weighted by molar-refractivity contribution is 6.33. The Hall–Kier alpha value is -4.04. The molecule has 4 rings (SSSR count). The summed E-state index contributed by atoms with van der Waals surface area (Å²) in [5.41, 5.74) is 3.30. The van der Waals surface area contributed by atoms with Crippen molar-refractivity contribution in [3.8, 4) is 17.2 Å². The van der Waals surface area contributed by atoms with Gasteiger partial charge in [0.25, 0.3) is 0 Å². The Morgan fingerprint density at radius 3 is 1.79 bits per heavy atom. The molecule has 0 bridgehead atoms. The molecule has 1 amide bonds. The van der Waals surface area contributed by atoms with Crippen molar-refractivity contribution in [3.63, 3.8) is 0 Å². The van der Waals surface area contributed by atoms with E-state index in [1.54, 1.807) is 97.1 Å². The van der Waals surface area contributed by atoms with Gasteiger partial charge in [0.2, 0.25) is 0 Å². The van der Waals surface area contributed by atoms with Gasteiger partial charge < -0.3 is 14.2 Å². The minimum absolute atomic E-state index is 0.263. The van der Waals surface area contributed by atoms with E-state index >= 15 is 0 Å². The molecular weight excluding hydrogens is 551 g/mol. The molecule has 0 heterocycles. The highest BCUT2D eigenvalue weighted by Gasteiger charge is 2.23. The fourth-order valence-corrected chi connectivity index (χ4v) is 3.50. The topological polar surface area (TPSA) is 86.2 Å². The zero-order chi connectivity index (χ0) is 26.9. The Labute approximate surface area is 233 Å². The number of hydrogen-bond donors (Lipinski definition) is 1. The molecule has 0 fully saturated rings. The molecule has 4 aromatic carbocycles. The zero-order valence-corrected chi connectivity index (χ0v) is 21.8. The summed E-state index contributed by atoms with van der Waals surface area (Å²) in [5.74, 6) is -0.166. The summed E-state index contributed by atoms with van der Waals surface area (Å²) >= 11 is 17.9. The van der Waals surface area contributed by atoms with Gasteiger partial charge in [0.05, 0.1) is 16.8 Å². The van der Waals surface area contributed by atoms with E-state index in [2.05, 4.69) is 10.5 Å². The average molecular weight is 570 g/mol. The molecule has 0 radical (unpaired) electrons. The molecule has 0 aliphatic rings. The lowest BCUT2D eigenvalue weighted by Crippen LogP contribution is -2.40. The summed E-state index contributed by atoms with van der Waals surface area (Å²) < 4.78 is 16.8. The quantitative estimate of drug-likeness (QED) is 0.0788. The van der Waals surface area contributed by atoms with Crippen LogP contribution in [0.5, 0.6) is 17.2 Å². The Kier molecular flexibility index (Phi) is 9.21. The minimum atomic E-state index is -1.36. The first-order valence-electron chi connectivity index (χ1n) is 11.1. The highest BCUT2D eigenvalue weighted by Crippen LogP contribution is 2.21. The van der Waals surface area contributed by atoms with Crippen LogP contribution in [0.4, 0.5) is 0 Å². The number of amides is 1. The lowest BCUT2D eigenvalue weighted by molar-refractivity contribution is -0.140. The number of rotatable bonds is 9. The molecule has 10 heteroatoms. The van der Waals surface area contributed by atoms with Crippen molar-refractivity contribution < 1.29 is 23.8 Å². The van der Waals surface area contributed by atoms with Crippen LogP contribution >= 0.6 is 34.8 Å². The van der Waals surface area contributed by atoms with Crippen LogP contribution in [0, 0.1) is 0 Å². The summed E-state index contributed by atoms with van der Waals surface area (Å²) in [6.45, 7) is 0. The smallest absolute Gasteiger partial charge is 0.345 e. The van der Waals surface area contributed by atoms with E-state index < -0.39 is 18.2 Å². The van der Waals surface area contributed by atoms with E-state index in [9.17, 15) is 9.59 Å². The van der Waals surface area contributed by atoms with Crippen LogP contribution in [0.25, 0.3) is 0 Å². The van der Waals surface area contributed by atoms with E-state index in [0.29, 0.717) is 37.9 Å². The predicted molar refractivity (Wildman–Crippen MR) is 147 cm³/mol. The standard InChI is InChI=1S/C28H19Cl3N2O5/c29-19-7-13-22(14-8-19)37-28(38-23-15-9-20(30)10-16-23)26(34)33-32-17-18-5-11-21(12-6-18)36-27(35)24-3-1-2-4-25(24)31/h1-17,28H,(H,33,34)/b32-17-. The van der Waals surface area contributed by atoms with Gasteiger partial charge in [0.15, 0.2) is 0 Å². The second-order valence-electron chi connectivity index (χ2n) is 7.65. The molecule has 0 atom stereocenters. The maximum absolute atomic E-state index is 12.8. The van der Waals surface area contributed by atoms with Gasteiger partial charge >= 0.3 is 18.2 Å².